The number of Topliss-reactive ketones (excluding diaryl/α,β-unsaturated/α-hetero) is 2. The Labute approximate surface area is 311 Å². The molecule has 9 atom stereocenters. The fourth-order valence-electron chi connectivity index (χ4n) is 13.6. The minimum absolute atomic E-state index is 0. The first kappa shape index (κ1) is 32.9. The highest BCUT2D eigenvalue weighted by Gasteiger charge is 2.77. The lowest BCUT2D eigenvalue weighted by Crippen LogP contribution is -2.81. The molecule has 0 aromatic heterocycles. The number of hydrogen-bond acceptors (Lipinski definition) is 9. The number of phenols is 2. The first-order valence-electron chi connectivity index (χ1n) is 20.2. The van der Waals surface area contributed by atoms with Gasteiger partial charge in [-0.15, -0.1) is 0 Å². The standard InChI is InChI=1S/C23H27NO4.C20H23NO4.H2/c1-2-10-24(13-14-3-4-14)11-9-22-19-15-5-6-16(25)20(19)28-21(22)17(26)7-8-23(22,27)18(24)12-15;22-13-4-3-12-9-15-20(24)6-5-14(23)18-19(20,16(12)17(13)25-18)7-8-21(15)10-11-1-2-11;/h2,5-6,14,18,21,27H,1,3-4,7-13H2;3-4,11,15,18,22,24H,1-2,5-10H2;1H/p+1/t18-,21+,22+,23-,24?;15-,18+,19+,20-;/m11./s1/i;;1+1. The highest BCUT2D eigenvalue weighted by atomic mass is 16.5. The predicted molar refractivity (Wildman–Crippen MR) is 195 cm³/mol. The van der Waals surface area contributed by atoms with Gasteiger partial charge in [-0.05, 0) is 93.2 Å². The summed E-state index contributed by atoms with van der Waals surface area (Å²) in [7, 11) is 0. The zero-order valence-electron chi connectivity index (χ0n) is 30.4. The molecule has 53 heavy (non-hydrogen) atoms. The first-order chi connectivity index (χ1) is 25.5. The van der Waals surface area contributed by atoms with Crippen molar-refractivity contribution in [3.8, 4) is 23.0 Å². The molecule has 2 saturated heterocycles. The third kappa shape index (κ3) is 3.98. The molecule has 282 valence electrons. The molecular weight excluding hydrogens is 672 g/mol. The summed E-state index contributed by atoms with van der Waals surface area (Å²) < 4.78 is 13.0. The third-order valence-electron chi connectivity index (χ3n) is 16.1. The van der Waals surface area contributed by atoms with Crippen LogP contribution in [0.1, 0.15) is 87.9 Å². The smallest absolute Gasteiger partial charge is 0.174 e. The van der Waals surface area contributed by atoms with Crippen molar-refractivity contribution in [1.29, 1.82) is 0 Å². The highest BCUT2D eigenvalue weighted by molar-refractivity contribution is 5.91. The number of benzene rings is 2. The molecule has 4 N–H and O–H groups in total. The second kappa shape index (κ2) is 10.6. The fraction of sp³-hybridized carbons (Fsp3) is 0.628. The second-order valence-electron chi connectivity index (χ2n) is 18.5. The molecular formula is C43H53N2O8+. The average molecular weight is 727 g/mol. The van der Waals surface area contributed by atoms with E-state index in [0.717, 1.165) is 97.0 Å². The lowest BCUT2D eigenvalue weighted by Gasteiger charge is -2.65. The lowest BCUT2D eigenvalue weighted by atomic mass is 9.48. The molecule has 4 bridgehead atoms. The number of likely N-dealkylation sites (tertiary alicyclic amines) is 2. The van der Waals surface area contributed by atoms with Gasteiger partial charge in [0, 0.05) is 56.7 Å². The topological polar surface area (TPSA) is 137 Å². The largest absolute Gasteiger partial charge is 0.504 e. The fourth-order valence-corrected chi connectivity index (χ4v) is 13.6. The molecule has 10 nitrogen and oxygen atoms in total. The van der Waals surface area contributed by atoms with Crippen LogP contribution in [0.2, 0.25) is 0 Å². The van der Waals surface area contributed by atoms with E-state index in [2.05, 4.69) is 11.5 Å². The van der Waals surface area contributed by atoms with Gasteiger partial charge in [0.1, 0.15) is 11.6 Å². The van der Waals surface area contributed by atoms with Crippen LogP contribution in [0.15, 0.2) is 36.9 Å². The van der Waals surface area contributed by atoms with Gasteiger partial charge in [-0.25, -0.2) is 0 Å². The molecule has 10 heteroatoms. The Hall–Kier alpha value is -3.44. The number of nitrogens with zero attached hydrogens (tertiary/aromatic N) is 2. The Morgan fingerprint density at radius 3 is 2.00 bits per heavy atom. The number of phenolic OH excluding ortho intramolecular Hbond substituents is 2. The van der Waals surface area contributed by atoms with Gasteiger partial charge < -0.3 is 34.4 Å². The van der Waals surface area contributed by atoms with Crippen molar-refractivity contribution in [1.82, 2.24) is 4.90 Å². The van der Waals surface area contributed by atoms with Crippen LogP contribution in [0.5, 0.6) is 23.0 Å². The molecule has 0 amide bonds. The van der Waals surface area contributed by atoms with E-state index in [9.17, 15) is 30.0 Å². The Kier molecular flexibility index (Phi) is 6.62. The van der Waals surface area contributed by atoms with E-state index >= 15 is 0 Å². The van der Waals surface area contributed by atoms with Crippen molar-refractivity contribution < 1.29 is 45.4 Å². The number of carbonyl (C=O) groups is 2. The number of rotatable bonds is 6. The zero-order valence-corrected chi connectivity index (χ0v) is 30.4. The van der Waals surface area contributed by atoms with Gasteiger partial charge in [0.15, 0.2) is 46.8 Å². The summed E-state index contributed by atoms with van der Waals surface area (Å²) in [5, 5.41) is 45.1. The summed E-state index contributed by atoms with van der Waals surface area (Å²) in [5.74, 6) is 2.74. The summed E-state index contributed by atoms with van der Waals surface area (Å²) in [4.78, 5) is 28.1. The molecule has 4 saturated carbocycles. The van der Waals surface area contributed by atoms with E-state index in [4.69, 9.17) is 9.47 Å². The predicted octanol–water partition coefficient (Wildman–Crippen LogP) is 4.00. The van der Waals surface area contributed by atoms with Crippen LogP contribution in [-0.4, -0.2) is 110 Å². The molecule has 4 heterocycles. The summed E-state index contributed by atoms with van der Waals surface area (Å²) in [6.45, 7) is 8.88. The second-order valence-corrected chi connectivity index (χ2v) is 18.5. The minimum atomic E-state index is -0.978. The number of carbonyl (C=O) groups excluding carboxylic acids is 2. The van der Waals surface area contributed by atoms with E-state index in [0.29, 0.717) is 37.2 Å². The van der Waals surface area contributed by atoms with E-state index < -0.39 is 34.2 Å². The summed E-state index contributed by atoms with van der Waals surface area (Å²) in [6, 6.07) is 7.41. The number of piperidine rings is 2. The zero-order chi connectivity index (χ0) is 36.3. The molecule has 0 radical (unpaired) electrons. The maximum absolute atomic E-state index is 12.9. The van der Waals surface area contributed by atoms with Gasteiger partial charge >= 0.3 is 0 Å². The summed E-state index contributed by atoms with van der Waals surface area (Å²) in [5.41, 5.74) is 0.832. The van der Waals surface area contributed by atoms with Crippen molar-refractivity contribution in [2.24, 2.45) is 11.8 Å². The molecule has 6 fully saturated rings. The number of quaternary nitrogens is 1. The molecule has 10 aliphatic rings. The van der Waals surface area contributed by atoms with Crippen LogP contribution in [0.25, 0.3) is 0 Å². The molecule has 4 aliphatic heterocycles. The summed E-state index contributed by atoms with van der Waals surface area (Å²) in [6.07, 6.45) is 10.6. The van der Waals surface area contributed by atoms with Crippen molar-refractivity contribution in [3.05, 3.63) is 59.2 Å². The van der Waals surface area contributed by atoms with Gasteiger partial charge in [0.05, 0.1) is 36.1 Å². The Balaban J connectivity index is 0.000000132. The van der Waals surface area contributed by atoms with Gasteiger partial charge in [-0.2, -0.15) is 0 Å². The number of ketones is 2. The van der Waals surface area contributed by atoms with Gasteiger partial charge in [-0.1, -0.05) is 18.7 Å². The van der Waals surface area contributed by atoms with Crippen molar-refractivity contribution in [2.45, 2.75) is 123 Å². The van der Waals surface area contributed by atoms with E-state index in [1.807, 2.05) is 18.2 Å². The number of hydrogen-bond donors (Lipinski definition) is 4. The van der Waals surface area contributed by atoms with Gasteiger partial charge in [-0.3, -0.25) is 14.5 Å². The van der Waals surface area contributed by atoms with Crippen LogP contribution in [0.3, 0.4) is 0 Å². The monoisotopic (exact) mass is 726 g/mol. The SMILES string of the molecule is C=CC[N+]1(CC2CC2)CC[C@]23c4c5ccc(O)c4O[C@H]2C(=O)CC[C@@]3(O)[C@H]1C5.O=C1CC[C@@]2(O)[C@H]3Cc4ccc(O)c5c4[C@@]2(CCN3CC2CC2)[C@H]1O5.[2HH]. The van der Waals surface area contributed by atoms with Crippen molar-refractivity contribution in [2.75, 3.05) is 32.7 Å². The average Bonchev–Trinajstić information content (AvgIpc) is 4.06. The van der Waals surface area contributed by atoms with Gasteiger partial charge in [0.2, 0.25) is 0 Å². The maximum atomic E-state index is 12.9. The maximum Gasteiger partial charge on any atom is 0.174 e. The van der Waals surface area contributed by atoms with Gasteiger partial charge in [0.25, 0.3) is 0 Å². The van der Waals surface area contributed by atoms with Crippen molar-refractivity contribution >= 4 is 11.6 Å². The number of aliphatic hydroxyl groups is 2. The lowest BCUT2D eigenvalue weighted by molar-refractivity contribution is -0.962. The highest BCUT2D eigenvalue weighted by Crippen LogP contribution is 2.67. The quantitative estimate of drug-likeness (QED) is 0.257. The van der Waals surface area contributed by atoms with E-state index in [1.54, 1.807) is 12.1 Å². The van der Waals surface area contributed by atoms with E-state index in [-0.39, 0.29) is 36.6 Å². The van der Waals surface area contributed by atoms with Crippen LogP contribution in [0.4, 0.5) is 0 Å². The van der Waals surface area contributed by atoms with E-state index in [1.165, 1.54) is 25.7 Å². The molecule has 2 aromatic carbocycles. The molecule has 6 aliphatic carbocycles. The summed E-state index contributed by atoms with van der Waals surface area (Å²) >= 11 is 0. The van der Waals surface area contributed by atoms with Crippen LogP contribution < -0.4 is 9.47 Å². The molecule has 12 rings (SSSR count). The number of aromatic hydroxyl groups is 2. The number of ether oxygens (including phenoxy) is 2. The normalized spacial score (nSPS) is 42.1. The Morgan fingerprint density at radius 1 is 0.811 bits per heavy atom. The molecule has 1 unspecified atom stereocenters. The molecule has 2 spiro atoms. The minimum Gasteiger partial charge on any atom is -0.504 e. The van der Waals surface area contributed by atoms with Crippen molar-refractivity contribution in [3.63, 3.8) is 0 Å². The third-order valence-corrected chi connectivity index (χ3v) is 16.1. The first-order valence-corrected chi connectivity index (χ1v) is 20.2. The Bertz CT molecular complexity index is 2000. The van der Waals surface area contributed by atoms with Crippen LogP contribution >= 0.6 is 0 Å². The molecule has 2 aromatic rings. The van der Waals surface area contributed by atoms with Crippen LogP contribution in [0, 0.1) is 11.8 Å². The Morgan fingerprint density at radius 2 is 1.40 bits per heavy atom. The van der Waals surface area contributed by atoms with Crippen LogP contribution in [-0.2, 0) is 33.3 Å².